The number of aldehydes is 1. The Labute approximate surface area is 124 Å². The molecule has 1 saturated heterocycles. The number of nitrogens with zero attached hydrogens (tertiary/aromatic N) is 1. The van der Waals surface area contributed by atoms with E-state index in [-0.39, 0.29) is 17.7 Å². The molecular weight excluding hydrogens is 265 g/mol. The van der Waals surface area contributed by atoms with Gasteiger partial charge in [0.05, 0.1) is 0 Å². The number of carbonyl (C=O) groups is 1. The minimum Gasteiger partial charge on any atom is -0.303 e. The van der Waals surface area contributed by atoms with Crippen molar-refractivity contribution in [3.8, 4) is 0 Å². The zero-order chi connectivity index (χ0) is 14.7. The highest BCUT2D eigenvalue weighted by atomic mass is 19.1. The summed E-state index contributed by atoms with van der Waals surface area (Å²) < 4.78 is 13.4. The Balaban J connectivity index is 1.75. The summed E-state index contributed by atoms with van der Waals surface area (Å²) in [5.74, 6) is -0.212. The molecule has 2 aromatic carbocycles. The normalized spacial score (nSPS) is 22.3. The molecule has 0 bridgehead atoms. The van der Waals surface area contributed by atoms with Crippen LogP contribution in [-0.4, -0.2) is 24.3 Å². The molecule has 0 aromatic heterocycles. The van der Waals surface area contributed by atoms with E-state index in [0.29, 0.717) is 0 Å². The summed E-state index contributed by atoms with van der Waals surface area (Å²) in [6, 6.07) is 16.8. The smallest absolute Gasteiger partial charge is 0.125 e. The molecule has 3 heteroatoms. The van der Waals surface area contributed by atoms with Crippen LogP contribution in [0, 0.1) is 11.7 Å². The lowest BCUT2D eigenvalue weighted by molar-refractivity contribution is -0.111. The van der Waals surface area contributed by atoms with E-state index in [4.69, 9.17) is 0 Å². The first-order valence-electron chi connectivity index (χ1n) is 7.23. The molecule has 0 radical (unpaired) electrons. The van der Waals surface area contributed by atoms with Gasteiger partial charge in [-0.05, 0) is 23.3 Å². The fourth-order valence-corrected chi connectivity index (χ4v) is 3.11. The number of carbonyl (C=O) groups excluding carboxylic acids is 1. The van der Waals surface area contributed by atoms with Crippen molar-refractivity contribution in [2.24, 2.45) is 5.92 Å². The summed E-state index contributed by atoms with van der Waals surface area (Å²) in [4.78, 5) is 13.6. The molecule has 0 spiro atoms. The summed E-state index contributed by atoms with van der Waals surface area (Å²) in [7, 11) is 0. The maximum atomic E-state index is 13.4. The predicted octanol–water partition coefficient (Wildman–Crippen LogP) is 3.24. The van der Waals surface area contributed by atoms with Gasteiger partial charge in [-0.15, -0.1) is 0 Å². The van der Waals surface area contributed by atoms with Gasteiger partial charge in [0, 0.05) is 31.5 Å². The monoisotopic (exact) mass is 283 g/mol. The highest BCUT2D eigenvalue weighted by Gasteiger charge is 2.33. The zero-order valence-electron chi connectivity index (χ0n) is 11.8. The van der Waals surface area contributed by atoms with E-state index in [1.165, 1.54) is 11.6 Å². The molecule has 2 aromatic rings. The lowest BCUT2D eigenvalue weighted by atomic mass is 9.90. The maximum Gasteiger partial charge on any atom is 0.125 e. The zero-order valence-corrected chi connectivity index (χ0v) is 11.8. The van der Waals surface area contributed by atoms with Crippen LogP contribution in [0.25, 0.3) is 0 Å². The predicted molar refractivity (Wildman–Crippen MR) is 80.4 cm³/mol. The average molecular weight is 283 g/mol. The first-order valence-corrected chi connectivity index (χ1v) is 7.23. The van der Waals surface area contributed by atoms with Gasteiger partial charge in [-0.25, -0.2) is 4.39 Å². The Morgan fingerprint density at radius 3 is 2.62 bits per heavy atom. The molecule has 1 aliphatic rings. The second-order valence-electron chi connectivity index (χ2n) is 5.64. The molecule has 1 fully saturated rings. The molecule has 2 nitrogen and oxygen atoms in total. The van der Waals surface area contributed by atoms with Crippen molar-refractivity contribution < 1.29 is 9.18 Å². The SMILES string of the molecule is O=CC1CN(Cc2ccccc2)CC1c1cccc(F)c1. The third kappa shape index (κ3) is 3.19. The summed E-state index contributed by atoms with van der Waals surface area (Å²) in [6.07, 6.45) is 1.01. The van der Waals surface area contributed by atoms with Crippen LogP contribution in [0.4, 0.5) is 4.39 Å². The van der Waals surface area contributed by atoms with Crippen LogP contribution in [-0.2, 0) is 11.3 Å². The van der Waals surface area contributed by atoms with E-state index in [0.717, 1.165) is 31.5 Å². The van der Waals surface area contributed by atoms with Crippen LogP contribution in [0.1, 0.15) is 17.0 Å². The second-order valence-corrected chi connectivity index (χ2v) is 5.64. The molecular formula is C18H18FNO. The number of halogens is 1. The second kappa shape index (κ2) is 6.19. The molecule has 0 aliphatic carbocycles. The van der Waals surface area contributed by atoms with Gasteiger partial charge >= 0.3 is 0 Å². The fraction of sp³-hybridized carbons (Fsp3) is 0.278. The van der Waals surface area contributed by atoms with Crippen molar-refractivity contribution >= 4 is 6.29 Å². The van der Waals surface area contributed by atoms with Crippen molar-refractivity contribution in [1.82, 2.24) is 4.90 Å². The van der Waals surface area contributed by atoms with Crippen molar-refractivity contribution in [2.45, 2.75) is 12.5 Å². The van der Waals surface area contributed by atoms with Gasteiger partial charge < -0.3 is 4.79 Å². The van der Waals surface area contributed by atoms with Gasteiger partial charge in [-0.3, -0.25) is 4.90 Å². The molecule has 2 atom stereocenters. The Bertz CT molecular complexity index is 614. The van der Waals surface area contributed by atoms with Crippen LogP contribution < -0.4 is 0 Å². The van der Waals surface area contributed by atoms with Crippen molar-refractivity contribution in [3.63, 3.8) is 0 Å². The Kier molecular flexibility index (Phi) is 4.11. The van der Waals surface area contributed by atoms with E-state index >= 15 is 0 Å². The van der Waals surface area contributed by atoms with Crippen LogP contribution >= 0.6 is 0 Å². The summed E-state index contributed by atoms with van der Waals surface area (Å²) in [5.41, 5.74) is 2.16. The summed E-state index contributed by atoms with van der Waals surface area (Å²) in [6.45, 7) is 2.36. The lowest BCUT2D eigenvalue weighted by Crippen LogP contribution is -2.20. The Morgan fingerprint density at radius 2 is 1.90 bits per heavy atom. The molecule has 2 unspecified atom stereocenters. The van der Waals surface area contributed by atoms with Gasteiger partial charge in [-0.1, -0.05) is 42.5 Å². The third-order valence-electron chi connectivity index (χ3n) is 4.14. The average Bonchev–Trinajstić information content (AvgIpc) is 2.91. The number of benzene rings is 2. The van der Waals surface area contributed by atoms with E-state index in [9.17, 15) is 9.18 Å². The lowest BCUT2D eigenvalue weighted by Gasteiger charge is -2.16. The Morgan fingerprint density at radius 1 is 1.10 bits per heavy atom. The third-order valence-corrected chi connectivity index (χ3v) is 4.14. The molecule has 1 aliphatic heterocycles. The van der Waals surface area contributed by atoms with Crippen LogP contribution in [0.3, 0.4) is 0 Å². The first-order chi connectivity index (χ1) is 10.3. The van der Waals surface area contributed by atoms with E-state index < -0.39 is 0 Å². The molecule has 0 N–H and O–H groups in total. The topological polar surface area (TPSA) is 20.3 Å². The number of hydrogen-bond donors (Lipinski definition) is 0. The molecule has 3 rings (SSSR count). The van der Waals surface area contributed by atoms with E-state index in [1.54, 1.807) is 12.1 Å². The number of hydrogen-bond acceptors (Lipinski definition) is 2. The molecule has 0 saturated carbocycles. The molecule has 0 amide bonds. The Hall–Kier alpha value is -2.00. The van der Waals surface area contributed by atoms with Gasteiger partial charge in [0.15, 0.2) is 0 Å². The molecule has 1 heterocycles. The van der Waals surface area contributed by atoms with Crippen LogP contribution in [0.2, 0.25) is 0 Å². The summed E-state index contributed by atoms with van der Waals surface area (Å²) in [5, 5.41) is 0. The molecule has 108 valence electrons. The first kappa shape index (κ1) is 14.0. The van der Waals surface area contributed by atoms with Gasteiger partial charge in [0.25, 0.3) is 0 Å². The number of rotatable bonds is 4. The minimum atomic E-state index is -0.237. The molecule has 21 heavy (non-hydrogen) atoms. The quantitative estimate of drug-likeness (QED) is 0.803. The fourth-order valence-electron chi connectivity index (χ4n) is 3.11. The van der Waals surface area contributed by atoms with Crippen LogP contribution in [0.5, 0.6) is 0 Å². The van der Waals surface area contributed by atoms with Crippen molar-refractivity contribution in [3.05, 3.63) is 71.5 Å². The maximum absolute atomic E-state index is 13.4. The standard InChI is InChI=1S/C18H18FNO/c19-17-8-4-7-15(9-17)18-12-20(11-16(18)13-21)10-14-5-2-1-3-6-14/h1-9,13,16,18H,10-12H2. The highest BCUT2D eigenvalue weighted by molar-refractivity contribution is 5.57. The van der Waals surface area contributed by atoms with Gasteiger partial charge in [-0.2, -0.15) is 0 Å². The largest absolute Gasteiger partial charge is 0.303 e. The highest BCUT2D eigenvalue weighted by Crippen LogP contribution is 2.32. The van der Waals surface area contributed by atoms with Crippen LogP contribution in [0.15, 0.2) is 54.6 Å². The van der Waals surface area contributed by atoms with Crippen molar-refractivity contribution in [2.75, 3.05) is 13.1 Å². The van der Waals surface area contributed by atoms with E-state index in [2.05, 4.69) is 17.0 Å². The minimum absolute atomic E-state index is 0.0597. The van der Waals surface area contributed by atoms with E-state index in [1.807, 2.05) is 24.3 Å². The summed E-state index contributed by atoms with van der Waals surface area (Å²) >= 11 is 0. The van der Waals surface area contributed by atoms with Gasteiger partial charge in [0.1, 0.15) is 12.1 Å². The van der Waals surface area contributed by atoms with Crippen molar-refractivity contribution in [1.29, 1.82) is 0 Å². The van der Waals surface area contributed by atoms with Gasteiger partial charge in [0.2, 0.25) is 0 Å². The number of likely N-dealkylation sites (tertiary alicyclic amines) is 1.